The summed E-state index contributed by atoms with van der Waals surface area (Å²) in [5.74, 6) is 0.665. The molecule has 2 aliphatic carbocycles. The summed E-state index contributed by atoms with van der Waals surface area (Å²) in [5, 5.41) is 13.8. The van der Waals surface area contributed by atoms with E-state index in [9.17, 15) is 14.7 Å². The molecule has 0 spiro atoms. The van der Waals surface area contributed by atoms with Crippen molar-refractivity contribution in [3.05, 3.63) is 64.5 Å². The number of para-hydroxylation sites is 1. The zero-order chi connectivity index (χ0) is 36.9. The number of fused-ring (bicyclic) bond motifs is 9. The molecule has 2 aromatic carbocycles. The standard InChI is InChI=1S/C43H54N4O6/c1-7-22-17-24-20-43(42(50)53-6)38-27(15-16-47(39(22)43)40(24)48)26-13-14-33(51-4)35(37(26)45-38)30-18-28-23(8-2)21-46(3)32(34(28)41(49)52-5)19-29-25-11-9-10-12-31(25)44-36(29)30/h9-14,22-24,28,30,32,34,39-40,44-45,48H,7-8,15-21H2,1-6H3/t22-,23+,24+,28-,30-,32-,34-,39-,40-,43+/m0/s1. The van der Waals surface area contributed by atoms with E-state index in [1.54, 1.807) is 7.11 Å². The summed E-state index contributed by atoms with van der Waals surface area (Å²) in [6.07, 6.45) is 4.97. The summed E-state index contributed by atoms with van der Waals surface area (Å²) in [7, 11) is 6.94. The number of aliphatic hydroxyl groups is 1. The van der Waals surface area contributed by atoms with Crippen LogP contribution in [0.2, 0.25) is 0 Å². The van der Waals surface area contributed by atoms with E-state index in [1.807, 2.05) is 0 Å². The Morgan fingerprint density at radius 3 is 2.49 bits per heavy atom. The highest BCUT2D eigenvalue weighted by Crippen LogP contribution is 2.58. The zero-order valence-electron chi connectivity index (χ0n) is 31.9. The van der Waals surface area contributed by atoms with E-state index in [-0.39, 0.29) is 53.6 Å². The van der Waals surface area contributed by atoms with Crippen LogP contribution in [0.25, 0.3) is 21.8 Å². The molecule has 4 aromatic rings. The van der Waals surface area contributed by atoms with E-state index in [0.29, 0.717) is 25.3 Å². The quantitative estimate of drug-likeness (QED) is 0.211. The SMILES string of the molecule is CC[C@@H]1CN(C)[C@H]2Cc3c([nH]c4ccccc34)[C@H](c3c(OC)ccc4c5c([nH]c34)[C@]3(C(=O)OC)C[C@H]4C[C@H](CC)[C@@H]3N(CC5)[C@H]4O)C[C@@H]1[C@@H]2C(=O)OC. The van der Waals surface area contributed by atoms with Crippen LogP contribution in [0.1, 0.15) is 79.9 Å². The number of likely N-dealkylation sites (N-methyl/N-ethyl adjacent to an activating group) is 1. The van der Waals surface area contributed by atoms with Gasteiger partial charge in [0.1, 0.15) is 17.4 Å². The van der Waals surface area contributed by atoms with Crippen LogP contribution >= 0.6 is 0 Å². The second kappa shape index (κ2) is 12.9. The van der Waals surface area contributed by atoms with Gasteiger partial charge in [-0.25, -0.2) is 0 Å². The van der Waals surface area contributed by atoms with E-state index in [4.69, 9.17) is 14.2 Å². The van der Waals surface area contributed by atoms with Crippen molar-refractivity contribution in [3.8, 4) is 5.75 Å². The van der Waals surface area contributed by atoms with Crippen LogP contribution in [0.4, 0.5) is 0 Å². The largest absolute Gasteiger partial charge is 0.496 e. The number of nitrogens with one attached hydrogen (secondary N) is 2. The van der Waals surface area contributed by atoms with Crippen LogP contribution < -0.4 is 4.74 Å². The monoisotopic (exact) mass is 722 g/mol. The molecule has 10 rings (SSSR count). The first-order chi connectivity index (χ1) is 25.7. The van der Waals surface area contributed by atoms with E-state index in [2.05, 4.69) is 77.1 Å². The lowest BCUT2D eigenvalue weighted by Gasteiger charge is -2.59. The van der Waals surface area contributed by atoms with Gasteiger partial charge >= 0.3 is 11.9 Å². The Kier molecular flexibility index (Phi) is 8.48. The predicted octanol–water partition coefficient (Wildman–Crippen LogP) is 5.89. The number of esters is 2. The molecule has 282 valence electrons. The molecule has 0 radical (unpaired) electrons. The fraction of sp³-hybridized carbons (Fsp3) is 0.581. The normalized spacial score (nSPS) is 34.8. The smallest absolute Gasteiger partial charge is 0.319 e. The van der Waals surface area contributed by atoms with Crippen molar-refractivity contribution in [1.82, 2.24) is 19.8 Å². The van der Waals surface area contributed by atoms with Gasteiger partial charge in [-0.05, 0) is 86.2 Å². The average Bonchev–Trinajstić information content (AvgIpc) is 3.70. The lowest BCUT2D eigenvalue weighted by atomic mass is 9.56. The molecule has 1 unspecified atom stereocenters. The molecule has 2 aromatic heterocycles. The first kappa shape index (κ1) is 34.9. The van der Waals surface area contributed by atoms with Gasteiger partial charge in [0.2, 0.25) is 0 Å². The number of carbonyl (C=O) groups excluding carboxylic acids is 2. The number of benzene rings is 2. The first-order valence-electron chi connectivity index (χ1n) is 19.8. The summed E-state index contributed by atoms with van der Waals surface area (Å²) < 4.78 is 17.6. The fourth-order valence-electron chi connectivity index (χ4n) is 12.5. The number of ether oxygens (including phenoxy) is 3. The van der Waals surface area contributed by atoms with E-state index >= 15 is 0 Å². The number of carbonyl (C=O) groups is 2. The van der Waals surface area contributed by atoms with Crippen molar-refractivity contribution in [2.24, 2.45) is 29.6 Å². The van der Waals surface area contributed by atoms with Gasteiger partial charge in [0.15, 0.2) is 0 Å². The minimum Gasteiger partial charge on any atom is -0.496 e. The topological polar surface area (TPSA) is 120 Å². The zero-order valence-corrected chi connectivity index (χ0v) is 31.9. The van der Waals surface area contributed by atoms with Crippen LogP contribution in [0.5, 0.6) is 5.75 Å². The lowest BCUT2D eigenvalue weighted by molar-refractivity contribution is -0.196. The van der Waals surface area contributed by atoms with Gasteiger partial charge in [0.25, 0.3) is 0 Å². The van der Waals surface area contributed by atoms with Gasteiger partial charge in [0, 0.05) is 70.2 Å². The molecule has 1 saturated carbocycles. The summed E-state index contributed by atoms with van der Waals surface area (Å²) in [5.41, 5.74) is 6.70. The number of likely N-dealkylation sites (tertiary alicyclic amines) is 1. The van der Waals surface area contributed by atoms with Crippen LogP contribution in [0.15, 0.2) is 36.4 Å². The van der Waals surface area contributed by atoms with Gasteiger partial charge in [-0.3, -0.25) is 14.5 Å². The van der Waals surface area contributed by atoms with Crippen molar-refractivity contribution in [2.75, 3.05) is 41.5 Å². The third-order valence-electron chi connectivity index (χ3n) is 14.7. The van der Waals surface area contributed by atoms with Gasteiger partial charge in [0.05, 0.1) is 32.8 Å². The van der Waals surface area contributed by atoms with E-state index < -0.39 is 11.6 Å². The maximum absolute atomic E-state index is 14.4. The fourth-order valence-corrected chi connectivity index (χ4v) is 12.5. The maximum Gasteiger partial charge on any atom is 0.319 e. The third-order valence-corrected chi connectivity index (χ3v) is 14.7. The van der Waals surface area contributed by atoms with E-state index in [0.717, 1.165) is 77.6 Å². The van der Waals surface area contributed by atoms with Crippen molar-refractivity contribution in [3.63, 3.8) is 0 Å². The number of aliphatic hydroxyl groups excluding tert-OH is 1. The highest BCUT2D eigenvalue weighted by atomic mass is 16.5. The average molecular weight is 723 g/mol. The molecule has 0 amide bonds. The van der Waals surface area contributed by atoms with Crippen LogP contribution in [0, 0.1) is 29.6 Å². The highest BCUT2D eigenvalue weighted by molar-refractivity contribution is 5.95. The second-order valence-electron chi connectivity index (χ2n) is 16.7. The minimum absolute atomic E-state index is 0.0137. The summed E-state index contributed by atoms with van der Waals surface area (Å²) in [6.45, 7) is 6.04. The van der Waals surface area contributed by atoms with Crippen LogP contribution in [0.3, 0.4) is 0 Å². The van der Waals surface area contributed by atoms with Crippen molar-refractivity contribution < 1.29 is 28.9 Å². The summed E-state index contributed by atoms with van der Waals surface area (Å²) >= 11 is 0. The maximum atomic E-state index is 14.4. The second-order valence-corrected chi connectivity index (χ2v) is 16.7. The molecule has 11 atom stereocenters. The molecule has 6 bridgehead atoms. The molecular weight excluding hydrogens is 668 g/mol. The third kappa shape index (κ3) is 4.80. The summed E-state index contributed by atoms with van der Waals surface area (Å²) in [4.78, 5) is 40.9. The lowest BCUT2D eigenvalue weighted by Crippen LogP contribution is -2.70. The Morgan fingerprint density at radius 1 is 0.962 bits per heavy atom. The summed E-state index contributed by atoms with van der Waals surface area (Å²) in [6, 6.07) is 12.6. The number of H-pyrrole nitrogens is 2. The molecule has 53 heavy (non-hydrogen) atoms. The van der Waals surface area contributed by atoms with E-state index in [1.165, 1.54) is 30.9 Å². The number of aromatic nitrogens is 2. The van der Waals surface area contributed by atoms with Gasteiger partial charge in [-0.2, -0.15) is 0 Å². The Morgan fingerprint density at radius 2 is 1.75 bits per heavy atom. The van der Waals surface area contributed by atoms with Crippen LogP contribution in [-0.4, -0.2) is 96.6 Å². The molecule has 3 N–H and O–H groups in total. The number of nitrogens with zero attached hydrogens (tertiary/aromatic N) is 2. The van der Waals surface area contributed by atoms with Crippen LogP contribution in [-0.2, 0) is 37.3 Å². The number of aromatic amines is 2. The Hall–Kier alpha value is -3.86. The molecular formula is C43H54N4O6. The molecule has 4 fully saturated rings. The van der Waals surface area contributed by atoms with Gasteiger partial charge < -0.3 is 34.2 Å². The Bertz CT molecular complexity index is 2090. The molecule has 6 heterocycles. The predicted molar refractivity (Wildman–Crippen MR) is 203 cm³/mol. The highest BCUT2D eigenvalue weighted by Gasteiger charge is 2.65. The number of piperidine rings is 3. The molecule has 10 heteroatoms. The Balaban J connectivity index is 1.31. The number of methoxy groups -OCH3 is 3. The number of hydrogen-bond acceptors (Lipinski definition) is 8. The van der Waals surface area contributed by atoms with Gasteiger partial charge in [-0.15, -0.1) is 0 Å². The van der Waals surface area contributed by atoms with Crippen molar-refractivity contribution >= 4 is 33.7 Å². The Labute approximate surface area is 311 Å². The molecule has 6 aliphatic rings. The van der Waals surface area contributed by atoms with Crippen molar-refractivity contribution in [1.29, 1.82) is 0 Å². The number of rotatable bonds is 6. The molecule has 10 nitrogen and oxygen atoms in total. The molecule has 4 aliphatic heterocycles. The van der Waals surface area contributed by atoms with Crippen molar-refractivity contribution in [2.45, 2.75) is 88.4 Å². The first-order valence-corrected chi connectivity index (χ1v) is 19.8. The number of hydrogen-bond donors (Lipinski definition) is 3. The molecule has 3 saturated heterocycles. The van der Waals surface area contributed by atoms with Gasteiger partial charge in [-0.1, -0.05) is 44.9 Å². The minimum atomic E-state index is -0.926.